The second kappa shape index (κ2) is 5.94. The minimum atomic E-state index is -4.12. The van der Waals surface area contributed by atoms with Crippen LogP contribution in [-0.4, -0.2) is 22.0 Å². The normalized spacial score (nSPS) is 18.9. The topological polar surface area (TPSA) is 43.8 Å². The van der Waals surface area contributed by atoms with Gasteiger partial charge in [-0.15, -0.1) is 0 Å². The van der Waals surface area contributed by atoms with Gasteiger partial charge in [-0.25, -0.2) is 0 Å². The molecule has 1 atom stereocenters. The Morgan fingerprint density at radius 2 is 2.05 bits per heavy atom. The number of alkyl halides is 3. The molecule has 1 heterocycles. The molecule has 3 nitrogen and oxygen atoms in total. The van der Waals surface area contributed by atoms with Crippen molar-refractivity contribution >= 4 is 0 Å². The Hall–Kier alpha value is -1.04. The summed E-state index contributed by atoms with van der Waals surface area (Å²) in [5.74, 6) is 0. The number of hydrogen-bond donors (Lipinski definition) is 1. The van der Waals surface area contributed by atoms with E-state index in [1.165, 1.54) is 12.8 Å². The van der Waals surface area contributed by atoms with Crippen LogP contribution in [0.15, 0.2) is 12.3 Å². The molecule has 2 N–H and O–H groups in total. The Balaban J connectivity index is 1.82. The number of nitrogens with zero attached hydrogens (tertiary/aromatic N) is 2. The van der Waals surface area contributed by atoms with Crippen LogP contribution in [0.25, 0.3) is 0 Å². The van der Waals surface area contributed by atoms with E-state index in [1.807, 2.05) is 16.9 Å². The fourth-order valence-corrected chi connectivity index (χ4v) is 2.58. The average molecular weight is 275 g/mol. The lowest BCUT2D eigenvalue weighted by atomic mass is 10.1. The van der Waals surface area contributed by atoms with Gasteiger partial charge in [0.15, 0.2) is 0 Å². The molecule has 1 aromatic rings. The molecule has 0 aliphatic heterocycles. The fraction of sp³-hybridized carbons (Fsp3) is 0.769. The lowest BCUT2D eigenvalue weighted by molar-refractivity contribution is -0.136. The van der Waals surface area contributed by atoms with Gasteiger partial charge in [0, 0.05) is 25.1 Å². The third kappa shape index (κ3) is 4.53. The first-order valence-electron chi connectivity index (χ1n) is 6.80. The predicted octanol–water partition coefficient (Wildman–Crippen LogP) is 3.21. The van der Waals surface area contributed by atoms with Crippen molar-refractivity contribution in [3.05, 3.63) is 18.0 Å². The number of nitrogens with two attached hydrogens (primary N) is 1. The summed E-state index contributed by atoms with van der Waals surface area (Å²) in [5, 5.41) is 4.43. The Labute approximate surface area is 111 Å². The third-order valence-electron chi connectivity index (χ3n) is 3.63. The Bertz CT molecular complexity index is 394. The summed E-state index contributed by atoms with van der Waals surface area (Å²) in [4.78, 5) is 0. The molecule has 1 unspecified atom stereocenters. The fourth-order valence-electron chi connectivity index (χ4n) is 2.58. The molecule has 0 aromatic carbocycles. The highest BCUT2D eigenvalue weighted by atomic mass is 19.4. The SMILES string of the molecule is NC(CCC(F)(F)F)Cc1ccn(C2CCCC2)n1. The van der Waals surface area contributed by atoms with Crippen LogP contribution < -0.4 is 5.73 Å². The van der Waals surface area contributed by atoms with E-state index < -0.39 is 18.6 Å². The predicted molar refractivity (Wildman–Crippen MR) is 66.7 cm³/mol. The smallest absolute Gasteiger partial charge is 0.327 e. The van der Waals surface area contributed by atoms with Crippen molar-refractivity contribution in [2.75, 3.05) is 0 Å². The van der Waals surface area contributed by atoms with Crippen LogP contribution in [0.5, 0.6) is 0 Å². The van der Waals surface area contributed by atoms with Gasteiger partial charge in [-0.05, 0) is 25.3 Å². The summed E-state index contributed by atoms with van der Waals surface area (Å²) in [7, 11) is 0. The molecular weight excluding hydrogens is 255 g/mol. The van der Waals surface area contributed by atoms with Crippen LogP contribution in [0, 0.1) is 0 Å². The summed E-state index contributed by atoms with van der Waals surface area (Å²) in [6, 6.07) is 1.85. The summed E-state index contributed by atoms with van der Waals surface area (Å²) >= 11 is 0. The van der Waals surface area contributed by atoms with Crippen LogP contribution >= 0.6 is 0 Å². The van der Waals surface area contributed by atoms with Crippen LogP contribution in [0.4, 0.5) is 13.2 Å². The molecule has 6 heteroatoms. The first-order chi connectivity index (χ1) is 8.94. The summed E-state index contributed by atoms with van der Waals surface area (Å²) in [5.41, 5.74) is 6.52. The van der Waals surface area contributed by atoms with Crippen molar-refractivity contribution < 1.29 is 13.2 Å². The molecule has 0 radical (unpaired) electrons. The molecule has 1 fully saturated rings. The van der Waals surface area contributed by atoms with Crippen molar-refractivity contribution in [3.63, 3.8) is 0 Å². The molecular formula is C13H20F3N3. The maximum Gasteiger partial charge on any atom is 0.389 e. The minimum Gasteiger partial charge on any atom is -0.327 e. The highest BCUT2D eigenvalue weighted by molar-refractivity contribution is 5.02. The van der Waals surface area contributed by atoms with E-state index in [9.17, 15) is 13.2 Å². The molecule has 0 amide bonds. The molecule has 2 rings (SSSR count). The zero-order valence-electron chi connectivity index (χ0n) is 10.9. The first-order valence-corrected chi connectivity index (χ1v) is 6.80. The second-order valence-electron chi connectivity index (χ2n) is 5.34. The molecule has 0 bridgehead atoms. The van der Waals surface area contributed by atoms with Crippen LogP contribution in [-0.2, 0) is 6.42 Å². The molecule has 0 saturated heterocycles. The van der Waals surface area contributed by atoms with Gasteiger partial charge in [0.05, 0.1) is 11.7 Å². The van der Waals surface area contributed by atoms with Gasteiger partial charge in [0.1, 0.15) is 0 Å². The van der Waals surface area contributed by atoms with E-state index in [-0.39, 0.29) is 6.42 Å². The number of aromatic nitrogens is 2. The van der Waals surface area contributed by atoms with Gasteiger partial charge >= 0.3 is 6.18 Å². The lowest BCUT2D eigenvalue weighted by Crippen LogP contribution is -2.25. The van der Waals surface area contributed by atoms with Gasteiger partial charge in [-0.2, -0.15) is 18.3 Å². The molecule has 1 saturated carbocycles. The maximum atomic E-state index is 12.1. The van der Waals surface area contributed by atoms with E-state index >= 15 is 0 Å². The van der Waals surface area contributed by atoms with Crippen LogP contribution in [0.1, 0.15) is 50.3 Å². The third-order valence-corrected chi connectivity index (χ3v) is 3.63. The van der Waals surface area contributed by atoms with Gasteiger partial charge in [0.2, 0.25) is 0 Å². The number of halogens is 3. The summed E-state index contributed by atoms with van der Waals surface area (Å²) in [6.07, 6.45) is 2.08. The number of hydrogen-bond acceptors (Lipinski definition) is 2. The van der Waals surface area contributed by atoms with Crippen LogP contribution in [0.2, 0.25) is 0 Å². The van der Waals surface area contributed by atoms with E-state index in [0.29, 0.717) is 12.5 Å². The Kier molecular flexibility index (Phi) is 4.50. The molecule has 1 aliphatic rings. The zero-order chi connectivity index (χ0) is 13.9. The second-order valence-corrected chi connectivity index (χ2v) is 5.34. The molecule has 0 spiro atoms. The van der Waals surface area contributed by atoms with E-state index in [0.717, 1.165) is 18.5 Å². The molecule has 19 heavy (non-hydrogen) atoms. The Morgan fingerprint density at radius 3 is 2.68 bits per heavy atom. The van der Waals surface area contributed by atoms with Crippen LogP contribution in [0.3, 0.4) is 0 Å². The molecule has 1 aromatic heterocycles. The van der Waals surface area contributed by atoms with Crippen molar-refractivity contribution in [1.29, 1.82) is 0 Å². The quantitative estimate of drug-likeness (QED) is 0.896. The van der Waals surface area contributed by atoms with Gasteiger partial charge in [-0.3, -0.25) is 4.68 Å². The highest BCUT2D eigenvalue weighted by Gasteiger charge is 2.27. The largest absolute Gasteiger partial charge is 0.389 e. The standard InChI is InChI=1S/C13H20F3N3/c14-13(15,16)7-5-10(17)9-11-6-8-19(18-11)12-3-1-2-4-12/h6,8,10,12H,1-5,7,9,17H2. The van der Waals surface area contributed by atoms with Crippen molar-refractivity contribution in [1.82, 2.24) is 9.78 Å². The monoisotopic (exact) mass is 275 g/mol. The minimum absolute atomic E-state index is 0.0419. The summed E-state index contributed by atoms with van der Waals surface area (Å²) in [6.45, 7) is 0. The zero-order valence-corrected chi connectivity index (χ0v) is 10.9. The first kappa shape index (κ1) is 14.4. The molecule has 1 aliphatic carbocycles. The Morgan fingerprint density at radius 1 is 1.37 bits per heavy atom. The van der Waals surface area contributed by atoms with Gasteiger partial charge in [0.25, 0.3) is 0 Å². The van der Waals surface area contributed by atoms with E-state index in [1.54, 1.807) is 0 Å². The van der Waals surface area contributed by atoms with E-state index in [2.05, 4.69) is 5.10 Å². The summed E-state index contributed by atoms with van der Waals surface area (Å²) < 4.78 is 38.2. The maximum absolute atomic E-state index is 12.1. The van der Waals surface area contributed by atoms with Gasteiger partial charge < -0.3 is 5.73 Å². The lowest BCUT2D eigenvalue weighted by Gasteiger charge is -2.12. The van der Waals surface area contributed by atoms with Crippen molar-refractivity contribution in [2.24, 2.45) is 5.73 Å². The van der Waals surface area contributed by atoms with Gasteiger partial charge in [-0.1, -0.05) is 12.8 Å². The van der Waals surface area contributed by atoms with E-state index in [4.69, 9.17) is 5.73 Å². The molecule has 108 valence electrons. The average Bonchev–Trinajstić information content (AvgIpc) is 2.94. The van der Waals surface area contributed by atoms with Crippen molar-refractivity contribution in [2.45, 2.75) is 63.2 Å². The highest BCUT2D eigenvalue weighted by Crippen LogP contribution is 2.29. The number of rotatable bonds is 5. The van der Waals surface area contributed by atoms with Crippen molar-refractivity contribution in [3.8, 4) is 0 Å².